The predicted molar refractivity (Wildman–Crippen MR) is 119 cm³/mol. The van der Waals surface area contributed by atoms with E-state index < -0.39 is 10.0 Å². The molecule has 0 radical (unpaired) electrons. The van der Waals surface area contributed by atoms with Gasteiger partial charge in [-0.05, 0) is 79.6 Å². The van der Waals surface area contributed by atoms with Gasteiger partial charge in [0.25, 0.3) is 15.9 Å². The summed E-state index contributed by atoms with van der Waals surface area (Å²) in [6.07, 6.45) is 0. The Kier molecular flexibility index (Phi) is 6.64. The fourth-order valence-corrected chi connectivity index (χ4v) is 3.86. The molecular weight excluding hydrogens is 424 g/mol. The molecule has 3 aromatic carbocycles. The summed E-state index contributed by atoms with van der Waals surface area (Å²) in [5.41, 5.74) is 2.75. The highest BCUT2D eigenvalue weighted by atomic mass is 35.5. The highest BCUT2D eigenvalue weighted by molar-refractivity contribution is 7.92. The smallest absolute Gasteiger partial charge is 0.262 e. The maximum absolute atomic E-state index is 12.5. The van der Waals surface area contributed by atoms with E-state index in [1.54, 1.807) is 36.4 Å². The Labute approximate surface area is 180 Å². The molecule has 0 saturated carbocycles. The van der Waals surface area contributed by atoms with E-state index in [1.807, 2.05) is 19.9 Å². The predicted octanol–water partition coefficient (Wildman–Crippen LogP) is 4.78. The summed E-state index contributed by atoms with van der Waals surface area (Å²) in [6, 6.07) is 18.1. The molecule has 0 spiro atoms. The lowest BCUT2D eigenvalue weighted by molar-refractivity contribution is -0.118. The van der Waals surface area contributed by atoms with Crippen molar-refractivity contribution in [3.63, 3.8) is 0 Å². The standard InChI is InChI=1S/C22H21ClN2O4S/c1-15-4-3-5-18(12-15)25-30(27,28)20-9-6-17(7-10-20)24-22(26)14-29-19-8-11-21(23)16(2)13-19/h3-13,25H,14H2,1-2H3,(H,24,26). The van der Waals surface area contributed by atoms with E-state index in [1.165, 1.54) is 24.3 Å². The number of carbonyl (C=O) groups excluding carboxylic acids is 1. The van der Waals surface area contributed by atoms with Gasteiger partial charge < -0.3 is 10.1 Å². The van der Waals surface area contributed by atoms with Gasteiger partial charge in [0.05, 0.1) is 4.90 Å². The highest BCUT2D eigenvalue weighted by Gasteiger charge is 2.14. The van der Waals surface area contributed by atoms with Gasteiger partial charge in [-0.2, -0.15) is 0 Å². The minimum Gasteiger partial charge on any atom is -0.484 e. The highest BCUT2D eigenvalue weighted by Crippen LogP contribution is 2.21. The number of amides is 1. The molecule has 0 heterocycles. The molecule has 0 aliphatic rings. The van der Waals surface area contributed by atoms with E-state index in [9.17, 15) is 13.2 Å². The number of hydrogen-bond donors (Lipinski definition) is 2. The number of aryl methyl sites for hydroxylation is 2. The molecular formula is C22H21ClN2O4S. The molecule has 0 bridgehead atoms. The first-order chi connectivity index (χ1) is 14.2. The van der Waals surface area contributed by atoms with Gasteiger partial charge in [-0.1, -0.05) is 23.7 Å². The normalized spacial score (nSPS) is 11.0. The van der Waals surface area contributed by atoms with Crippen LogP contribution in [0.4, 0.5) is 11.4 Å². The topological polar surface area (TPSA) is 84.5 Å². The summed E-state index contributed by atoms with van der Waals surface area (Å²) in [5.74, 6) is 0.173. The fraction of sp³-hybridized carbons (Fsp3) is 0.136. The molecule has 0 aromatic heterocycles. The number of benzene rings is 3. The van der Waals surface area contributed by atoms with Gasteiger partial charge in [-0.3, -0.25) is 9.52 Å². The van der Waals surface area contributed by atoms with Crippen LogP contribution in [-0.2, 0) is 14.8 Å². The summed E-state index contributed by atoms with van der Waals surface area (Å²) in [6.45, 7) is 3.54. The average Bonchev–Trinajstić information content (AvgIpc) is 2.69. The first-order valence-corrected chi connectivity index (χ1v) is 11.0. The van der Waals surface area contributed by atoms with E-state index in [0.29, 0.717) is 22.1 Å². The van der Waals surface area contributed by atoms with Crippen LogP contribution in [0.15, 0.2) is 71.6 Å². The Morgan fingerprint density at radius 3 is 2.37 bits per heavy atom. The van der Waals surface area contributed by atoms with Crippen molar-refractivity contribution in [1.82, 2.24) is 0 Å². The van der Waals surface area contributed by atoms with Crippen LogP contribution in [0.3, 0.4) is 0 Å². The first kappa shape index (κ1) is 21.7. The summed E-state index contributed by atoms with van der Waals surface area (Å²) in [5, 5.41) is 3.29. The molecule has 3 rings (SSSR count). The summed E-state index contributed by atoms with van der Waals surface area (Å²) in [7, 11) is -3.73. The molecule has 8 heteroatoms. The number of nitrogens with one attached hydrogen (secondary N) is 2. The second kappa shape index (κ2) is 9.19. The Balaban J connectivity index is 1.59. The molecule has 0 aliphatic carbocycles. The molecule has 6 nitrogen and oxygen atoms in total. The van der Waals surface area contributed by atoms with Gasteiger partial charge in [-0.25, -0.2) is 8.42 Å². The Hall–Kier alpha value is -3.03. The number of anilines is 2. The number of sulfonamides is 1. The van der Waals surface area contributed by atoms with Crippen molar-refractivity contribution in [3.05, 3.63) is 82.9 Å². The van der Waals surface area contributed by atoms with Crippen molar-refractivity contribution in [1.29, 1.82) is 0 Å². The maximum Gasteiger partial charge on any atom is 0.262 e. The molecule has 1 amide bonds. The van der Waals surface area contributed by atoms with Crippen LogP contribution in [0.5, 0.6) is 5.75 Å². The van der Waals surface area contributed by atoms with Crippen LogP contribution >= 0.6 is 11.6 Å². The number of ether oxygens (including phenoxy) is 1. The van der Waals surface area contributed by atoms with Gasteiger partial charge in [0, 0.05) is 16.4 Å². The van der Waals surface area contributed by atoms with E-state index in [0.717, 1.165) is 11.1 Å². The monoisotopic (exact) mass is 444 g/mol. The minimum absolute atomic E-state index is 0.0925. The number of halogens is 1. The van der Waals surface area contributed by atoms with Gasteiger partial charge in [-0.15, -0.1) is 0 Å². The minimum atomic E-state index is -3.73. The van der Waals surface area contributed by atoms with Crippen molar-refractivity contribution < 1.29 is 17.9 Å². The zero-order valence-corrected chi connectivity index (χ0v) is 18.0. The van der Waals surface area contributed by atoms with E-state index >= 15 is 0 Å². The van der Waals surface area contributed by atoms with E-state index in [2.05, 4.69) is 10.0 Å². The van der Waals surface area contributed by atoms with Crippen molar-refractivity contribution in [2.24, 2.45) is 0 Å². The van der Waals surface area contributed by atoms with Crippen LogP contribution in [0, 0.1) is 13.8 Å². The molecule has 3 aromatic rings. The Morgan fingerprint density at radius 1 is 0.967 bits per heavy atom. The summed E-state index contributed by atoms with van der Waals surface area (Å²) in [4.78, 5) is 12.2. The quantitative estimate of drug-likeness (QED) is 0.549. The first-order valence-electron chi connectivity index (χ1n) is 9.11. The lowest BCUT2D eigenvalue weighted by atomic mass is 10.2. The lowest BCUT2D eigenvalue weighted by Gasteiger charge is -2.11. The second-order valence-corrected chi connectivity index (χ2v) is 8.84. The number of hydrogen-bond acceptors (Lipinski definition) is 4. The van der Waals surface area contributed by atoms with E-state index in [-0.39, 0.29) is 17.4 Å². The summed E-state index contributed by atoms with van der Waals surface area (Å²) < 4.78 is 33.0. The van der Waals surface area contributed by atoms with Crippen LogP contribution < -0.4 is 14.8 Å². The summed E-state index contributed by atoms with van der Waals surface area (Å²) >= 11 is 5.97. The van der Waals surface area contributed by atoms with Crippen molar-refractivity contribution >= 4 is 38.9 Å². The Bertz CT molecular complexity index is 1160. The van der Waals surface area contributed by atoms with Crippen molar-refractivity contribution in [3.8, 4) is 5.75 Å². The van der Waals surface area contributed by atoms with Gasteiger partial charge in [0.1, 0.15) is 5.75 Å². The molecule has 0 aliphatic heterocycles. The molecule has 0 fully saturated rings. The van der Waals surface area contributed by atoms with Crippen LogP contribution in [0.25, 0.3) is 0 Å². The molecule has 2 N–H and O–H groups in total. The van der Waals surface area contributed by atoms with Crippen LogP contribution in [0.1, 0.15) is 11.1 Å². The zero-order valence-electron chi connectivity index (χ0n) is 16.5. The third-order valence-electron chi connectivity index (χ3n) is 4.22. The van der Waals surface area contributed by atoms with Gasteiger partial charge in [0.15, 0.2) is 6.61 Å². The molecule has 30 heavy (non-hydrogen) atoms. The molecule has 0 saturated heterocycles. The number of carbonyl (C=O) groups is 1. The van der Waals surface area contributed by atoms with Gasteiger partial charge in [0.2, 0.25) is 0 Å². The third-order valence-corrected chi connectivity index (χ3v) is 6.04. The molecule has 156 valence electrons. The average molecular weight is 445 g/mol. The SMILES string of the molecule is Cc1cccc(NS(=O)(=O)c2ccc(NC(=O)COc3ccc(Cl)c(C)c3)cc2)c1. The third kappa shape index (κ3) is 5.75. The van der Waals surface area contributed by atoms with Gasteiger partial charge >= 0.3 is 0 Å². The van der Waals surface area contributed by atoms with Crippen LogP contribution in [-0.4, -0.2) is 20.9 Å². The lowest BCUT2D eigenvalue weighted by Crippen LogP contribution is -2.20. The zero-order chi connectivity index (χ0) is 21.7. The second-order valence-electron chi connectivity index (χ2n) is 6.75. The van der Waals surface area contributed by atoms with E-state index in [4.69, 9.17) is 16.3 Å². The molecule has 0 unspecified atom stereocenters. The van der Waals surface area contributed by atoms with Crippen molar-refractivity contribution in [2.45, 2.75) is 18.7 Å². The fourth-order valence-electron chi connectivity index (χ4n) is 2.69. The maximum atomic E-state index is 12.5. The largest absolute Gasteiger partial charge is 0.484 e. The van der Waals surface area contributed by atoms with Crippen molar-refractivity contribution in [2.75, 3.05) is 16.6 Å². The molecule has 0 atom stereocenters. The number of rotatable bonds is 7. The Morgan fingerprint density at radius 2 is 1.70 bits per heavy atom. The van der Waals surface area contributed by atoms with Crippen LogP contribution in [0.2, 0.25) is 5.02 Å².